The zero-order valence-electron chi connectivity index (χ0n) is 12.0. The molecule has 1 aliphatic rings. The number of hydrogen-bond acceptors (Lipinski definition) is 3. The molecule has 0 amide bonds. The Bertz CT molecular complexity index is 460. The van der Waals surface area contributed by atoms with Gasteiger partial charge in [-0.2, -0.15) is 0 Å². The number of ether oxygens (including phenoxy) is 2. The van der Waals surface area contributed by atoms with E-state index in [1.165, 1.54) is 18.4 Å². The summed E-state index contributed by atoms with van der Waals surface area (Å²) in [6.45, 7) is 3.50. The first kappa shape index (κ1) is 15.5. The lowest BCUT2D eigenvalue weighted by atomic mass is 10.1. The topological polar surface area (TPSA) is 30.5 Å². The molecule has 0 atom stereocenters. The van der Waals surface area contributed by atoms with Crippen LogP contribution in [0.1, 0.15) is 24.8 Å². The van der Waals surface area contributed by atoms with Crippen LogP contribution in [-0.2, 0) is 4.74 Å². The first-order valence-electron chi connectivity index (χ1n) is 7.11. The molecule has 0 spiro atoms. The maximum absolute atomic E-state index is 5.76. The molecular formula is C16H22BrNO2. The summed E-state index contributed by atoms with van der Waals surface area (Å²) in [5, 5.41) is 3.48. The lowest BCUT2D eigenvalue weighted by Gasteiger charge is -2.18. The fraction of sp³-hybridized carbons (Fsp3) is 0.500. The number of nitrogens with one attached hydrogen (secondary N) is 1. The highest BCUT2D eigenvalue weighted by atomic mass is 79.9. The van der Waals surface area contributed by atoms with Crippen LogP contribution in [0.15, 0.2) is 28.2 Å². The van der Waals surface area contributed by atoms with Crippen molar-refractivity contribution in [1.82, 2.24) is 5.32 Å². The zero-order valence-corrected chi connectivity index (χ0v) is 13.5. The SMILES string of the molecule is COCCCCCNCC1=Cc2cc(Br)ccc2OC1. The molecule has 3 nitrogen and oxygen atoms in total. The normalized spacial score (nSPS) is 13.6. The third-order valence-electron chi connectivity index (χ3n) is 3.30. The molecule has 0 aromatic heterocycles. The van der Waals surface area contributed by atoms with Gasteiger partial charge in [0.25, 0.3) is 0 Å². The second-order valence-electron chi connectivity index (χ2n) is 5.00. The van der Waals surface area contributed by atoms with Crippen molar-refractivity contribution in [2.45, 2.75) is 19.3 Å². The molecule has 1 aliphatic heterocycles. The van der Waals surface area contributed by atoms with Crippen molar-refractivity contribution in [3.63, 3.8) is 0 Å². The molecule has 110 valence electrons. The monoisotopic (exact) mass is 339 g/mol. The fourth-order valence-electron chi connectivity index (χ4n) is 2.22. The van der Waals surface area contributed by atoms with Crippen LogP contribution >= 0.6 is 15.9 Å². The number of hydrogen-bond donors (Lipinski definition) is 1. The van der Waals surface area contributed by atoms with Crippen molar-refractivity contribution in [3.8, 4) is 5.75 Å². The molecule has 1 aromatic carbocycles. The molecule has 0 radical (unpaired) electrons. The van der Waals surface area contributed by atoms with Gasteiger partial charge in [-0.15, -0.1) is 0 Å². The molecule has 1 aromatic rings. The van der Waals surface area contributed by atoms with E-state index in [4.69, 9.17) is 9.47 Å². The molecule has 2 rings (SSSR count). The molecule has 0 aliphatic carbocycles. The second kappa shape index (κ2) is 8.45. The predicted molar refractivity (Wildman–Crippen MR) is 86.2 cm³/mol. The second-order valence-corrected chi connectivity index (χ2v) is 5.92. The summed E-state index contributed by atoms with van der Waals surface area (Å²) in [7, 11) is 1.75. The van der Waals surface area contributed by atoms with Gasteiger partial charge >= 0.3 is 0 Å². The molecule has 0 saturated heterocycles. The van der Waals surface area contributed by atoms with Crippen LogP contribution in [0.2, 0.25) is 0 Å². The average molecular weight is 340 g/mol. The van der Waals surface area contributed by atoms with E-state index in [-0.39, 0.29) is 0 Å². The van der Waals surface area contributed by atoms with Crippen LogP contribution in [-0.4, -0.2) is 33.4 Å². The third-order valence-corrected chi connectivity index (χ3v) is 3.79. The highest BCUT2D eigenvalue weighted by Gasteiger charge is 2.11. The third kappa shape index (κ3) is 4.93. The number of fused-ring (bicyclic) bond motifs is 1. The molecule has 0 fully saturated rings. The average Bonchev–Trinajstić information content (AvgIpc) is 2.46. The van der Waals surface area contributed by atoms with Gasteiger partial charge in [0.15, 0.2) is 0 Å². The van der Waals surface area contributed by atoms with Crippen molar-refractivity contribution in [1.29, 1.82) is 0 Å². The van der Waals surface area contributed by atoms with Crippen molar-refractivity contribution in [2.75, 3.05) is 33.4 Å². The van der Waals surface area contributed by atoms with Gasteiger partial charge < -0.3 is 14.8 Å². The molecule has 4 heteroatoms. The van der Waals surface area contributed by atoms with E-state index in [0.29, 0.717) is 6.61 Å². The van der Waals surface area contributed by atoms with Crippen LogP contribution < -0.4 is 10.1 Å². The number of halogens is 1. The van der Waals surface area contributed by atoms with Crippen LogP contribution in [0, 0.1) is 0 Å². The van der Waals surface area contributed by atoms with E-state index < -0.39 is 0 Å². The van der Waals surface area contributed by atoms with E-state index in [0.717, 1.165) is 41.9 Å². The Kier molecular flexibility index (Phi) is 6.57. The maximum Gasteiger partial charge on any atom is 0.127 e. The molecule has 0 bridgehead atoms. The highest BCUT2D eigenvalue weighted by molar-refractivity contribution is 9.10. The summed E-state index contributed by atoms with van der Waals surface area (Å²) in [6, 6.07) is 6.12. The van der Waals surface area contributed by atoms with Crippen molar-refractivity contribution in [3.05, 3.63) is 33.8 Å². The Morgan fingerprint density at radius 3 is 3.05 bits per heavy atom. The molecule has 20 heavy (non-hydrogen) atoms. The lowest BCUT2D eigenvalue weighted by Crippen LogP contribution is -2.22. The largest absolute Gasteiger partial charge is 0.489 e. The number of rotatable bonds is 8. The van der Waals surface area contributed by atoms with Crippen molar-refractivity contribution < 1.29 is 9.47 Å². The van der Waals surface area contributed by atoms with E-state index in [1.54, 1.807) is 7.11 Å². The van der Waals surface area contributed by atoms with E-state index in [2.05, 4.69) is 33.4 Å². The molecular weight excluding hydrogens is 318 g/mol. The van der Waals surface area contributed by atoms with Gasteiger partial charge in [0, 0.05) is 30.3 Å². The molecule has 0 saturated carbocycles. The molecule has 1 N–H and O–H groups in total. The number of benzene rings is 1. The summed E-state index contributed by atoms with van der Waals surface area (Å²) < 4.78 is 11.9. The maximum atomic E-state index is 5.76. The Morgan fingerprint density at radius 2 is 2.20 bits per heavy atom. The Balaban J connectivity index is 1.72. The summed E-state index contributed by atoms with van der Waals surface area (Å²) in [5.41, 5.74) is 2.45. The lowest BCUT2D eigenvalue weighted by molar-refractivity contribution is 0.192. The smallest absolute Gasteiger partial charge is 0.127 e. The van der Waals surface area contributed by atoms with Crippen molar-refractivity contribution >= 4 is 22.0 Å². The predicted octanol–water partition coefficient (Wildman–Crippen LogP) is 3.63. The van der Waals surface area contributed by atoms with Crippen LogP contribution in [0.5, 0.6) is 5.75 Å². The summed E-state index contributed by atoms with van der Waals surface area (Å²) in [5.74, 6) is 0.969. The standard InChI is InChI=1S/C16H22BrNO2/c1-19-8-4-2-3-7-18-11-13-9-14-10-15(17)5-6-16(14)20-12-13/h5-6,9-10,18H,2-4,7-8,11-12H2,1H3. The van der Waals surface area contributed by atoms with E-state index >= 15 is 0 Å². The summed E-state index contributed by atoms with van der Waals surface area (Å²) in [4.78, 5) is 0. The minimum absolute atomic E-state index is 0.686. The first-order valence-corrected chi connectivity index (χ1v) is 7.90. The quantitative estimate of drug-likeness (QED) is 0.733. The van der Waals surface area contributed by atoms with Gasteiger partial charge in [0.05, 0.1) is 0 Å². The van der Waals surface area contributed by atoms with Gasteiger partial charge in [0.2, 0.25) is 0 Å². The Labute approximate surface area is 129 Å². The van der Waals surface area contributed by atoms with Crippen molar-refractivity contribution in [2.24, 2.45) is 0 Å². The number of methoxy groups -OCH3 is 1. The van der Waals surface area contributed by atoms with E-state index in [1.807, 2.05) is 12.1 Å². The van der Waals surface area contributed by atoms with Gasteiger partial charge in [-0.05, 0) is 55.7 Å². The van der Waals surface area contributed by atoms with Gasteiger partial charge in [-0.3, -0.25) is 0 Å². The molecule has 0 unspecified atom stereocenters. The zero-order chi connectivity index (χ0) is 14.2. The van der Waals surface area contributed by atoms with Gasteiger partial charge in [-0.1, -0.05) is 15.9 Å². The first-order chi connectivity index (χ1) is 9.79. The summed E-state index contributed by atoms with van der Waals surface area (Å²) >= 11 is 3.49. The van der Waals surface area contributed by atoms with Gasteiger partial charge in [0.1, 0.15) is 12.4 Å². The minimum atomic E-state index is 0.686. The fourth-order valence-corrected chi connectivity index (χ4v) is 2.60. The Morgan fingerprint density at radius 1 is 1.30 bits per heavy atom. The van der Waals surface area contributed by atoms with E-state index in [9.17, 15) is 0 Å². The van der Waals surface area contributed by atoms with Crippen LogP contribution in [0.4, 0.5) is 0 Å². The van der Waals surface area contributed by atoms with Gasteiger partial charge in [-0.25, -0.2) is 0 Å². The van der Waals surface area contributed by atoms with Crippen LogP contribution in [0.3, 0.4) is 0 Å². The minimum Gasteiger partial charge on any atom is -0.489 e. The number of unbranched alkanes of at least 4 members (excludes halogenated alkanes) is 2. The van der Waals surface area contributed by atoms with Crippen LogP contribution in [0.25, 0.3) is 6.08 Å². The highest BCUT2D eigenvalue weighted by Crippen LogP contribution is 2.28. The summed E-state index contributed by atoms with van der Waals surface area (Å²) in [6.07, 6.45) is 5.78. The molecule has 1 heterocycles. The Hall–Kier alpha value is -0.840.